The van der Waals surface area contributed by atoms with Crippen molar-refractivity contribution in [1.82, 2.24) is 20.2 Å². The molecular weight excluding hydrogens is 408 g/mol. The third kappa shape index (κ3) is 4.77. The van der Waals surface area contributed by atoms with Crippen molar-refractivity contribution in [3.05, 3.63) is 57.6 Å². The molecule has 0 fully saturated rings. The van der Waals surface area contributed by atoms with Crippen LogP contribution in [0, 0.1) is 17.0 Å². The minimum Gasteiger partial charge on any atom is -0.493 e. The van der Waals surface area contributed by atoms with Crippen LogP contribution in [0.5, 0.6) is 11.5 Å². The van der Waals surface area contributed by atoms with Gasteiger partial charge in [0.1, 0.15) is 0 Å². The summed E-state index contributed by atoms with van der Waals surface area (Å²) >= 11 is 1.16. The first-order valence-corrected chi connectivity index (χ1v) is 9.16. The molecule has 0 bridgehead atoms. The summed E-state index contributed by atoms with van der Waals surface area (Å²) in [5.74, 6) is -0.342. The lowest BCUT2D eigenvalue weighted by Crippen LogP contribution is -2.05. The molecule has 12 heteroatoms. The lowest BCUT2D eigenvalue weighted by molar-refractivity contribution is -0.385. The van der Waals surface area contributed by atoms with Crippen molar-refractivity contribution in [3.63, 3.8) is 0 Å². The zero-order valence-electron chi connectivity index (χ0n) is 15.3. The molecule has 9 nitrogen and oxygen atoms in total. The number of aryl methyl sites for hydroxylation is 1. The number of aromatic nitrogens is 4. The summed E-state index contributed by atoms with van der Waals surface area (Å²) < 4.78 is 36.0. The van der Waals surface area contributed by atoms with Gasteiger partial charge in [-0.1, -0.05) is 23.9 Å². The molecule has 0 saturated carbocycles. The fourth-order valence-corrected chi connectivity index (χ4v) is 3.43. The molecule has 0 radical (unpaired) electrons. The van der Waals surface area contributed by atoms with Crippen LogP contribution in [0.2, 0.25) is 0 Å². The highest BCUT2D eigenvalue weighted by molar-refractivity contribution is 7.98. The predicted molar refractivity (Wildman–Crippen MR) is 99.7 cm³/mol. The number of methoxy groups -OCH3 is 1. The van der Waals surface area contributed by atoms with E-state index in [0.29, 0.717) is 5.16 Å². The van der Waals surface area contributed by atoms with Crippen molar-refractivity contribution in [2.45, 2.75) is 24.4 Å². The first-order chi connectivity index (χ1) is 13.9. The van der Waals surface area contributed by atoms with Crippen LogP contribution in [0.3, 0.4) is 0 Å². The predicted octanol–water partition coefficient (Wildman–Crippen LogP) is 3.78. The number of thioether (sulfide) groups is 1. The summed E-state index contributed by atoms with van der Waals surface area (Å²) in [5.41, 5.74) is 1.63. The maximum Gasteiger partial charge on any atom is 0.387 e. The molecule has 0 aliphatic carbocycles. The number of hydrogen-bond donors (Lipinski definition) is 0. The van der Waals surface area contributed by atoms with Crippen molar-refractivity contribution < 1.29 is 23.2 Å². The van der Waals surface area contributed by atoms with E-state index >= 15 is 0 Å². The molecule has 29 heavy (non-hydrogen) atoms. The highest BCUT2D eigenvalue weighted by atomic mass is 32.2. The Bertz CT molecular complexity index is 1030. The normalized spacial score (nSPS) is 10.9. The van der Waals surface area contributed by atoms with Gasteiger partial charge in [-0.3, -0.25) is 10.1 Å². The lowest BCUT2D eigenvalue weighted by atomic mass is 10.2. The van der Waals surface area contributed by atoms with Crippen LogP contribution in [0.4, 0.5) is 14.5 Å². The molecule has 0 spiro atoms. The van der Waals surface area contributed by atoms with Gasteiger partial charge in [-0.05, 0) is 41.1 Å². The maximum absolute atomic E-state index is 12.6. The van der Waals surface area contributed by atoms with Gasteiger partial charge in [0.2, 0.25) is 5.16 Å². The van der Waals surface area contributed by atoms with Crippen LogP contribution >= 0.6 is 11.8 Å². The first-order valence-electron chi connectivity index (χ1n) is 8.17. The quantitative estimate of drug-likeness (QED) is 0.306. The Hall–Kier alpha value is -3.28. The molecule has 0 amide bonds. The number of rotatable bonds is 8. The molecule has 152 valence electrons. The van der Waals surface area contributed by atoms with Crippen molar-refractivity contribution >= 4 is 17.4 Å². The zero-order chi connectivity index (χ0) is 21.0. The summed E-state index contributed by atoms with van der Waals surface area (Å²) in [6, 6.07) is 9.73. The Morgan fingerprint density at radius 3 is 2.72 bits per heavy atom. The van der Waals surface area contributed by atoms with Gasteiger partial charge in [-0.15, -0.1) is 5.10 Å². The van der Waals surface area contributed by atoms with E-state index in [4.69, 9.17) is 4.74 Å². The lowest BCUT2D eigenvalue weighted by Gasteiger charge is -2.12. The first kappa shape index (κ1) is 20.5. The molecule has 0 aliphatic heterocycles. The molecule has 0 saturated heterocycles. The molecule has 0 N–H and O–H groups in total. The number of hydrogen-bond acceptors (Lipinski definition) is 8. The topological polar surface area (TPSA) is 105 Å². The van der Waals surface area contributed by atoms with Gasteiger partial charge in [0.15, 0.2) is 11.5 Å². The van der Waals surface area contributed by atoms with Gasteiger partial charge >= 0.3 is 6.61 Å². The van der Waals surface area contributed by atoms with Gasteiger partial charge in [-0.25, -0.2) is 0 Å². The van der Waals surface area contributed by atoms with Gasteiger partial charge in [0.05, 0.1) is 23.8 Å². The molecule has 3 rings (SSSR count). The van der Waals surface area contributed by atoms with E-state index in [9.17, 15) is 18.9 Å². The number of alkyl halides is 2. The highest BCUT2D eigenvalue weighted by Crippen LogP contribution is 2.38. The largest absolute Gasteiger partial charge is 0.493 e. The third-order valence-electron chi connectivity index (χ3n) is 3.82. The minimum absolute atomic E-state index is 0.0372. The SMILES string of the molecule is COc1cc(CSc2nnnn2-c2cccc(C)c2)c([N+](=O)[O-])cc1OC(F)F. The highest BCUT2D eigenvalue weighted by Gasteiger charge is 2.22. The average Bonchev–Trinajstić information content (AvgIpc) is 3.14. The Kier molecular flexibility index (Phi) is 6.22. The Labute approximate surface area is 167 Å². The molecule has 0 aliphatic rings. The maximum atomic E-state index is 12.6. The van der Waals surface area contributed by atoms with Gasteiger partial charge in [0.25, 0.3) is 5.69 Å². The van der Waals surface area contributed by atoms with E-state index in [-0.39, 0.29) is 22.8 Å². The number of ether oxygens (including phenoxy) is 2. The monoisotopic (exact) mass is 423 g/mol. The average molecular weight is 423 g/mol. The second kappa shape index (κ2) is 8.82. The van der Waals surface area contributed by atoms with Gasteiger partial charge < -0.3 is 9.47 Å². The molecule has 0 unspecified atom stereocenters. The van der Waals surface area contributed by atoms with E-state index in [1.807, 2.05) is 31.2 Å². The summed E-state index contributed by atoms with van der Waals surface area (Å²) in [6.45, 7) is -1.21. The molecule has 0 atom stereocenters. The number of nitro benzene ring substituents is 1. The van der Waals surface area contributed by atoms with Crippen molar-refractivity contribution in [3.8, 4) is 17.2 Å². The van der Waals surface area contributed by atoms with E-state index in [1.165, 1.54) is 17.9 Å². The standard InChI is InChI=1S/C17H15F2N5O4S/c1-10-4-3-5-12(6-10)23-17(20-21-22-23)29-9-11-7-14(27-2)15(28-16(18)19)8-13(11)24(25)26/h3-8,16H,9H2,1-2H3. The molecule has 2 aromatic carbocycles. The minimum atomic E-state index is -3.14. The summed E-state index contributed by atoms with van der Waals surface area (Å²) in [7, 11) is 1.26. The fraction of sp³-hybridized carbons (Fsp3) is 0.235. The number of nitrogens with zero attached hydrogens (tertiary/aromatic N) is 5. The number of halogens is 2. The van der Waals surface area contributed by atoms with E-state index in [1.54, 1.807) is 0 Å². The molecule has 3 aromatic rings. The van der Waals surface area contributed by atoms with Crippen LogP contribution < -0.4 is 9.47 Å². The Morgan fingerprint density at radius 2 is 2.07 bits per heavy atom. The third-order valence-corrected chi connectivity index (χ3v) is 4.79. The van der Waals surface area contributed by atoms with E-state index < -0.39 is 17.3 Å². The molecule has 1 aromatic heterocycles. The van der Waals surface area contributed by atoms with Crippen LogP contribution in [-0.2, 0) is 5.75 Å². The second-order valence-electron chi connectivity index (χ2n) is 5.77. The van der Waals surface area contributed by atoms with Gasteiger partial charge in [-0.2, -0.15) is 13.5 Å². The Balaban J connectivity index is 1.89. The number of tetrazole rings is 1. The zero-order valence-corrected chi connectivity index (χ0v) is 16.1. The molecule has 1 heterocycles. The fourth-order valence-electron chi connectivity index (χ4n) is 2.56. The van der Waals surface area contributed by atoms with Crippen LogP contribution in [0.15, 0.2) is 41.6 Å². The van der Waals surface area contributed by atoms with Crippen LogP contribution in [-0.4, -0.2) is 38.9 Å². The Morgan fingerprint density at radius 1 is 1.28 bits per heavy atom. The van der Waals surface area contributed by atoms with Crippen LogP contribution in [0.1, 0.15) is 11.1 Å². The van der Waals surface area contributed by atoms with E-state index in [2.05, 4.69) is 20.3 Å². The van der Waals surface area contributed by atoms with Crippen LogP contribution in [0.25, 0.3) is 5.69 Å². The molecular formula is C17H15F2N5O4S. The summed E-state index contributed by atoms with van der Waals surface area (Å²) in [4.78, 5) is 10.7. The van der Waals surface area contributed by atoms with Crippen molar-refractivity contribution in [2.75, 3.05) is 7.11 Å². The second-order valence-corrected chi connectivity index (χ2v) is 6.71. The van der Waals surface area contributed by atoms with Crippen molar-refractivity contribution in [1.29, 1.82) is 0 Å². The van der Waals surface area contributed by atoms with Gasteiger partial charge in [0, 0.05) is 11.3 Å². The summed E-state index contributed by atoms with van der Waals surface area (Å²) in [6.07, 6.45) is 0. The smallest absolute Gasteiger partial charge is 0.387 e. The van der Waals surface area contributed by atoms with E-state index in [0.717, 1.165) is 29.1 Å². The summed E-state index contributed by atoms with van der Waals surface area (Å²) in [5, 5.41) is 23.4. The van der Waals surface area contributed by atoms with Crippen molar-refractivity contribution in [2.24, 2.45) is 0 Å². The number of benzene rings is 2. The number of nitro groups is 1.